The summed E-state index contributed by atoms with van der Waals surface area (Å²) in [5.41, 5.74) is 0.382. The van der Waals surface area contributed by atoms with Gasteiger partial charge in [0.1, 0.15) is 5.69 Å². The fourth-order valence-corrected chi connectivity index (χ4v) is 1.81. The van der Waals surface area contributed by atoms with Gasteiger partial charge in [0.15, 0.2) is 0 Å². The highest BCUT2D eigenvalue weighted by Gasteiger charge is 2.15. The first-order valence-corrected chi connectivity index (χ1v) is 5.06. The molecule has 0 atom stereocenters. The minimum atomic E-state index is -2.64. The lowest BCUT2D eigenvalue weighted by atomic mass is 10.2. The summed E-state index contributed by atoms with van der Waals surface area (Å²) < 4.78 is 25.0. The van der Waals surface area contributed by atoms with Crippen LogP contribution in [0, 0.1) is 0 Å². The van der Waals surface area contributed by atoms with Crippen LogP contribution in [-0.4, -0.2) is 10.1 Å². The van der Waals surface area contributed by atoms with Crippen LogP contribution in [0.25, 0.3) is 0 Å². The van der Waals surface area contributed by atoms with Gasteiger partial charge >= 0.3 is 0 Å². The summed E-state index contributed by atoms with van der Waals surface area (Å²) >= 11 is 8.60. The molecule has 0 aliphatic rings. The van der Waals surface area contributed by atoms with Crippen LogP contribution in [0.2, 0.25) is 0 Å². The highest BCUT2D eigenvalue weighted by atomic mass is 79.9. The molecule has 0 aliphatic heterocycles. The first-order valence-electron chi connectivity index (χ1n) is 3.73. The second-order valence-corrected chi connectivity index (χ2v) is 3.67. The minimum Gasteiger partial charge on any atom is -0.392 e. The van der Waals surface area contributed by atoms with Crippen molar-refractivity contribution >= 4 is 27.5 Å². The van der Waals surface area contributed by atoms with Crippen molar-refractivity contribution in [2.45, 2.75) is 18.9 Å². The van der Waals surface area contributed by atoms with E-state index in [-0.39, 0.29) is 23.9 Å². The minimum absolute atomic E-state index is 0.00491. The molecular formula is C8H7BrClF2NO. The predicted molar refractivity (Wildman–Crippen MR) is 52.4 cm³/mol. The van der Waals surface area contributed by atoms with Gasteiger partial charge in [-0.05, 0) is 6.07 Å². The fraction of sp³-hybridized carbons (Fsp3) is 0.375. The Balaban J connectivity index is 3.24. The molecule has 0 aromatic carbocycles. The van der Waals surface area contributed by atoms with E-state index in [1.807, 2.05) is 0 Å². The Bertz CT molecular complexity index is 335. The average molecular weight is 287 g/mol. The zero-order valence-electron chi connectivity index (χ0n) is 6.98. The molecular weight excluding hydrogens is 279 g/mol. The summed E-state index contributed by atoms with van der Waals surface area (Å²) in [7, 11) is 0. The monoisotopic (exact) mass is 285 g/mol. The Hall–Kier alpha value is -0.260. The van der Waals surface area contributed by atoms with E-state index in [0.29, 0.717) is 10.0 Å². The number of halogens is 4. The highest BCUT2D eigenvalue weighted by molar-refractivity contribution is 9.10. The zero-order chi connectivity index (χ0) is 10.7. The molecule has 1 rings (SSSR count). The van der Waals surface area contributed by atoms with Gasteiger partial charge in [0, 0.05) is 10.0 Å². The van der Waals surface area contributed by atoms with Crippen molar-refractivity contribution in [3.63, 3.8) is 0 Å². The average Bonchev–Trinajstić information content (AvgIpc) is 2.16. The SMILES string of the molecule is OCc1c(Br)cc(C(F)F)nc1CCl. The van der Waals surface area contributed by atoms with Gasteiger partial charge in [-0.1, -0.05) is 15.9 Å². The number of aliphatic hydroxyl groups is 1. The van der Waals surface area contributed by atoms with Gasteiger partial charge in [0.05, 0.1) is 18.2 Å². The van der Waals surface area contributed by atoms with E-state index in [1.54, 1.807) is 0 Å². The molecule has 2 nitrogen and oxygen atoms in total. The molecule has 0 fully saturated rings. The standard InChI is InChI=1S/C8H7BrClF2NO/c9-5-1-6(8(11)12)13-7(2-10)4(5)3-14/h1,8,14H,2-3H2. The number of rotatable bonds is 3. The second-order valence-electron chi connectivity index (χ2n) is 2.55. The van der Waals surface area contributed by atoms with E-state index in [2.05, 4.69) is 20.9 Å². The Morgan fingerprint density at radius 3 is 2.64 bits per heavy atom. The molecule has 0 radical (unpaired) electrons. The summed E-state index contributed by atoms with van der Waals surface area (Å²) in [5, 5.41) is 8.94. The zero-order valence-corrected chi connectivity index (χ0v) is 9.32. The van der Waals surface area contributed by atoms with E-state index in [9.17, 15) is 8.78 Å². The topological polar surface area (TPSA) is 33.1 Å². The van der Waals surface area contributed by atoms with Crippen molar-refractivity contribution in [1.82, 2.24) is 4.98 Å². The Labute approximate surface area is 93.0 Å². The van der Waals surface area contributed by atoms with Crippen molar-refractivity contribution in [3.05, 3.63) is 27.5 Å². The van der Waals surface area contributed by atoms with Crippen molar-refractivity contribution < 1.29 is 13.9 Å². The third-order valence-corrected chi connectivity index (χ3v) is 2.64. The summed E-state index contributed by atoms with van der Waals surface area (Å²) in [5.74, 6) is -0.00491. The third kappa shape index (κ3) is 2.40. The van der Waals surface area contributed by atoms with Crippen LogP contribution in [0.3, 0.4) is 0 Å². The largest absolute Gasteiger partial charge is 0.392 e. The summed E-state index contributed by atoms with van der Waals surface area (Å²) in [6.45, 7) is -0.279. The van der Waals surface area contributed by atoms with Crippen LogP contribution in [0.4, 0.5) is 8.78 Å². The fourth-order valence-electron chi connectivity index (χ4n) is 0.999. The molecule has 1 heterocycles. The normalized spacial score (nSPS) is 11.0. The van der Waals surface area contributed by atoms with Gasteiger partial charge in [-0.2, -0.15) is 0 Å². The molecule has 1 aromatic rings. The molecule has 78 valence electrons. The van der Waals surface area contributed by atoms with Crippen molar-refractivity contribution in [2.24, 2.45) is 0 Å². The van der Waals surface area contributed by atoms with Crippen molar-refractivity contribution in [1.29, 1.82) is 0 Å². The lowest BCUT2D eigenvalue weighted by Gasteiger charge is -2.08. The van der Waals surface area contributed by atoms with E-state index < -0.39 is 6.43 Å². The number of hydrogen-bond donors (Lipinski definition) is 1. The van der Waals surface area contributed by atoms with Crippen LogP contribution in [0.15, 0.2) is 10.5 Å². The number of pyridine rings is 1. The smallest absolute Gasteiger partial charge is 0.280 e. The maximum Gasteiger partial charge on any atom is 0.280 e. The highest BCUT2D eigenvalue weighted by Crippen LogP contribution is 2.26. The van der Waals surface area contributed by atoms with Crippen molar-refractivity contribution in [2.75, 3.05) is 0 Å². The molecule has 0 saturated carbocycles. The lowest BCUT2D eigenvalue weighted by Crippen LogP contribution is -2.01. The molecule has 0 bridgehead atoms. The number of hydrogen-bond acceptors (Lipinski definition) is 2. The molecule has 6 heteroatoms. The molecule has 0 unspecified atom stereocenters. The number of aromatic nitrogens is 1. The molecule has 1 aromatic heterocycles. The molecule has 0 aliphatic carbocycles. The first-order chi connectivity index (χ1) is 6.60. The maximum atomic E-state index is 12.3. The van der Waals surface area contributed by atoms with Gasteiger partial charge in [-0.3, -0.25) is 4.98 Å². The van der Waals surface area contributed by atoms with Gasteiger partial charge in [-0.15, -0.1) is 11.6 Å². The Kier molecular flexibility index (Phi) is 4.22. The number of aliphatic hydroxyl groups excluding tert-OH is 1. The lowest BCUT2D eigenvalue weighted by molar-refractivity contribution is 0.145. The van der Waals surface area contributed by atoms with Crippen LogP contribution < -0.4 is 0 Å². The first kappa shape index (κ1) is 11.8. The second kappa shape index (κ2) is 5.00. The van der Waals surface area contributed by atoms with Crippen LogP contribution in [0.1, 0.15) is 23.4 Å². The van der Waals surface area contributed by atoms with Crippen LogP contribution >= 0.6 is 27.5 Å². The number of nitrogens with zero attached hydrogens (tertiary/aromatic N) is 1. The Morgan fingerprint density at radius 2 is 2.21 bits per heavy atom. The van der Waals surface area contributed by atoms with Gasteiger partial charge < -0.3 is 5.11 Å². The summed E-state index contributed by atoms with van der Waals surface area (Å²) in [6, 6.07) is 1.19. The van der Waals surface area contributed by atoms with Crippen molar-refractivity contribution in [3.8, 4) is 0 Å². The molecule has 0 amide bonds. The summed E-state index contributed by atoms with van der Waals surface area (Å²) in [6.07, 6.45) is -2.64. The molecule has 14 heavy (non-hydrogen) atoms. The van der Waals surface area contributed by atoms with E-state index in [0.717, 1.165) is 0 Å². The quantitative estimate of drug-likeness (QED) is 0.867. The molecule has 1 N–H and O–H groups in total. The van der Waals surface area contributed by atoms with E-state index in [4.69, 9.17) is 16.7 Å². The van der Waals surface area contributed by atoms with Gasteiger partial charge in [0.2, 0.25) is 0 Å². The van der Waals surface area contributed by atoms with Crippen LogP contribution in [0.5, 0.6) is 0 Å². The van der Waals surface area contributed by atoms with E-state index >= 15 is 0 Å². The molecule has 0 spiro atoms. The number of alkyl halides is 3. The molecule has 0 saturated heterocycles. The van der Waals surface area contributed by atoms with Gasteiger partial charge in [0.25, 0.3) is 6.43 Å². The van der Waals surface area contributed by atoms with Gasteiger partial charge in [-0.25, -0.2) is 8.78 Å². The Morgan fingerprint density at radius 1 is 1.57 bits per heavy atom. The maximum absolute atomic E-state index is 12.3. The van der Waals surface area contributed by atoms with Crippen LogP contribution in [-0.2, 0) is 12.5 Å². The van der Waals surface area contributed by atoms with E-state index in [1.165, 1.54) is 6.07 Å². The third-order valence-electron chi connectivity index (χ3n) is 1.68. The summed E-state index contributed by atoms with van der Waals surface area (Å²) in [4.78, 5) is 3.65. The predicted octanol–water partition coefficient (Wildman–Crippen LogP) is 3.01.